The number of hydrazine groups is 1. The lowest BCUT2D eigenvalue weighted by molar-refractivity contribution is -0.131. The number of nitrogens with zero attached hydrogens (tertiary/aromatic N) is 1. The summed E-state index contributed by atoms with van der Waals surface area (Å²) >= 11 is 3.35. The summed E-state index contributed by atoms with van der Waals surface area (Å²) < 4.78 is 0.931. The number of carbonyl (C=O) groups excluding carboxylic acids is 3. The molecule has 3 rings (SSSR count). The number of nitrogens with one attached hydrogen (secondary N) is 2. The van der Waals surface area contributed by atoms with Crippen molar-refractivity contribution in [2.75, 3.05) is 11.4 Å². The molecule has 1 heterocycles. The van der Waals surface area contributed by atoms with E-state index in [0.29, 0.717) is 6.54 Å². The summed E-state index contributed by atoms with van der Waals surface area (Å²) in [5.74, 6) is -0.971. The standard InChI is InChI=1S/C15H16BrN3O3/c16-11-3-5-12(6-4-11)19-8-10(7-13(19)20)15(22)18-17-14(21)9-1-2-9/h3-6,9-10H,1-2,7-8H2,(H,17,21)(H,18,22). The topological polar surface area (TPSA) is 78.5 Å². The first kappa shape index (κ1) is 15.0. The Hall–Kier alpha value is -1.89. The predicted octanol–water partition coefficient (Wildman–Crippen LogP) is 1.36. The molecule has 6 nitrogen and oxygen atoms in total. The molecule has 0 spiro atoms. The van der Waals surface area contributed by atoms with E-state index in [9.17, 15) is 14.4 Å². The Morgan fingerprint density at radius 1 is 1.05 bits per heavy atom. The van der Waals surface area contributed by atoms with Crippen molar-refractivity contribution in [1.82, 2.24) is 10.9 Å². The highest BCUT2D eigenvalue weighted by Gasteiger charge is 2.36. The van der Waals surface area contributed by atoms with Crippen molar-refractivity contribution >= 4 is 39.3 Å². The molecule has 1 saturated carbocycles. The fourth-order valence-corrected chi connectivity index (χ4v) is 2.69. The van der Waals surface area contributed by atoms with E-state index in [1.807, 2.05) is 24.3 Å². The normalized spacial score (nSPS) is 20.9. The van der Waals surface area contributed by atoms with Crippen LogP contribution in [0.5, 0.6) is 0 Å². The Bertz CT molecular complexity index is 613. The van der Waals surface area contributed by atoms with Gasteiger partial charge in [-0.15, -0.1) is 0 Å². The molecule has 3 amide bonds. The van der Waals surface area contributed by atoms with Crippen LogP contribution in [0.1, 0.15) is 19.3 Å². The first-order valence-electron chi connectivity index (χ1n) is 7.20. The van der Waals surface area contributed by atoms with Crippen LogP contribution in [-0.2, 0) is 14.4 Å². The van der Waals surface area contributed by atoms with Gasteiger partial charge in [0.2, 0.25) is 17.7 Å². The molecule has 1 atom stereocenters. The molecule has 7 heteroatoms. The minimum Gasteiger partial charge on any atom is -0.312 e. The Kier molecular flexibility index (Phi) is 4.15. The molecule has 1 saturated heterocycles. The minimum absolute atomic E-state index is 0.0322. The number of anilines is 1. The van der Waals surface area contributed by atoms with E-state index in [2.05, 4.69) is 26.8 Å². The number of amides is 3. The van der Waals surface area contributed by atoms with Crippen molar-refractivity contribution in [2.24, 2.45) is 11.8 Å². The average Bonchev–Trinajstić information content (AvgIpc) is 3.28. The van der Waals surface area contributed by atoms with Crippen molar-refractivity contribution in [1.29, 1.82) is 0 Å². The van der Waals surface area contributed by atoms with Gasteiger partial charge in [0.25, 0.3) is 0 Å². The van der Waals surface area contributed by atoms with E-state index in [-0.39, 0.29) is 30.1 Å². The monoisotopic (exact) mass is 365 g/mol. The summed E-state index contributed by atoms with van der Waals surface area (Å²) in [6.45, 7) is 0.325. The Labute approximate surface area is 136 Å². The first-order chi connectivity index (χ1) is 10.5. The van der Waals surface area contributed by atoms with Gasteiger partial charge in [-0.25, -0.2) is 0 Å². The summed E-state index contributed by atoms with van der Waals surface area (Å²) in [4.78, 5) is 37.2. The molecule has 1 aromatic rings. The Balaban J connectivity index is 1.57. The van der Waals surface area contributed by atoms with Gasteiger partial charge < -0.3 is 4.90 Å². The lowest BCUT2D eigenvalue weighted by Gasteiger charge is -2.17. The highest BCUT2D eigenvalue weighted by molar-refractivity contribution is 9.10. The van der Waals surface area contributed by atoms with Gasteiger partial charge in [-0.05, 0) is 37.1 Å². The maximum absolute atomic E-state index is 12.1. The van der Waals surface area contributed by atoms with Crippen LogP contribution in [0.4, 0.5) is 5.69 Å². The molecule has 1 aliphatic carbocycles. The largest absolute Gasteiger partial charge is 0.312 e. The van der Waals surface area contributed by atoms with Crippen LogP contribution in [0.25, 0.3) is 0 Å². The van der Waals surface area contributed by atoms with E-state index in [4.69, 9.17) is 0 Å². The second kappa shape index (κ2) is 6.08. The molecule has 1 aliphatic heterocycles. The van der Waals surface area contributed by atoms with Crippen LogP contribution in [0, 0.1) is 11.8 Å². The molecular weight excluding hydrogens is 350 g/mol. The lowest BCUT2D eigenvalue weighted by Crippen LogP contribution is -2.45. The fraction of sp³-hybridized carbons (Fsp3) is 0.400. The van der Waals surface area contributed by atoms with Crippen molar-refractivity contribution in [3.05, 3.63) is 28.7 Å². The van der Waals surface area contributed by atoms with Crippen LogP contribution in [0.2, 0.25) is 0 Å². The van der Waals surface area contributed by atoms with Gasteiger partial charge in [0.15, 0.2) is 0 Å². The highest BCUT2D eigenvalue weighted by Crippen LogP contribution is 2.29. The van der Waals surface area contributed by atoms with Crippen LogP contribution in [0.3, 0.4) is 0 Å². The first-order valence-corrected chi connectivity index (χ1v) is 7.99. The third-order valence-corrected chi connectivity index (χ3v) is 4.42. The highest BCUT2D eigenvalue weighted by atomic mass is 79.9. The number of hydrogen-bond donors (Lipinski definition) is 2. The SMILES string of the molecule is O=C(NNC(=O)C1CC(=O)N(c2ccc(Br)cc2)C1)C1CC1. The maximum atomic E-state index is 12.1. The third kappa shape index (κ3) is 3.30. The molecule has 116 valence electrons. The number of benzene rings is 1. The summed E-state index contributed by atoms with van der Waals surface area (Å²) in [6, 6.07) is 7.37. The fourth-order valence-electron chi connectivity index (χ4n) is 2.43. The van der Waals surface area contributed by atoms with Crippen LogP contribution in [0.15, 0.2) is 28.7 Å². The second-order valence-electron chi connectivity index (χ2n) is 5.63. The number of hydrogen-bond acceptors (Lipinski definition) is 3. The third-order valence-electron chi connectivity index (χ3n) is 3.89. The summed E-state index contributed by atoms with van der Waals surface area (Å²) in [7, 11) is 0. The molecule has 2 aliphatic rings. The van der Waals surface area contributed by atoms with Gasteiger partial charge in [0.05, 0.1) is 5.92 Å². The van der Waals surface area contributed by atoms with E-state index < -0.39 is 5.92 Å². The molecule has 2 N–H and O–H groups in total. The molecule has 2 fully saturated rings. The summed E-state index contributed by atoms with van der Waals surface area (Å²) in [5, 5.41) is 0. The number of rotatable bonds is 3. The summed E-state index contributed by atoms with van der Waals surface area (Å²) in [6.07, 6.45) is 1.91. The zero-order valence-corrected chi connectivity index (χ0v) is 13.4. The van der Waals surface area contributed by atoms with Crippen molar-refractivity contribution in [2.45, 2.75) is 19.3 Å². The van der Waals surface area contributed by atoms with E-state index in [1.54, 1.807) is 4.90 Å². The van der Waals surface area contributed by atoms with E-state index >= 15 is 0 Å². The molecule has 1 aromatic carbocycles. The molecular formula is C15H16BrN3O3. The Morgan fingerprint density at radius 3 is 2.23 bits per heavy atom. The van der Waals surface area contributed by atoms with Gasteiger partial charge >= 0.3 is 0 Å². The van der Waals surface area contributed by atoms with Crippen LogP contribution in [-0.4, -0.2) is 24.3 Å². The molecule has 0 bridgehead atoms. The quantitative estimate of drug-likeness (QED) is 0.793. The van der Waals surface area contributed by atoms with Crippen molar-refractivity contribution in [3.63, 3.8) is 0 Å². The molecule has 0 aromatic heterocycles. The number of carbonyl (C=O) groups is 3. The van der Waals surface area contributed by atoms with E-state index in [0.717, 1.165) is 23.0 Å². The van der Waals surface area contributed by atoms with Crippen molar-refractivity contribution < 1.29 is 14.4 Å². The zero-order valence-electron chi connectivity index (χ0n) is 11.8. The van der Waals surface area contributed by atoms with Gasteiger partial charge in [-0.3, -0.25) is 25.2 Å². The van der Waals surface area contributed by atoms with Crippen LogP contribution >= 0.6 is 15.9 Å². The van der Waals surface area contributed by atoms with Gasteiger partial charge in [0.1, 0.15) is 0 Å². The Morgan fingerprint density at radius 2 is 1.64 bits per heavy atom. The zero-order chi connectivity index (χ0) is 15.7. The van der Waals surface area contributed by atoms with Gasteiger partial charge in [-0.1, -0.05) is 15.9 Å². The second-order valence-corrected chi connectivity index (χ2v) is 6.55. The average molecular weight is 366 g/mol. The molecule has 22 heavy (non-hydrogen) atoms. The molecule has 1 unspecified atom stereocenters. The van der Waals surface area contributed by atoms with Gasteiger partial charge in [-0.2, -0.15) is 0 Å². The maximum Gasteiger partial charge on any atom is 0.243 e. The number of halogens is 1. The lowest BCUT2D eigenvalue weighted by atomic mass is 10.1. The summed E-state index contributed by atoms with van der Waals surface area (Å²) in [5.41, 5.74) is 5.62. The van der Waals surface area contributed by atoms with Crippen molar-refractivity contribution in [3.8, 4) is 0 Å². The van der Waals surface area contributed by atoms with E-state index in [1.165, 1.54) is 0 Å². The van der Waals surface area contributed by atoms with Gasteiger partial charge in [0, 0.05) is 29.0 Å². The predicted molar refractivity (Wildman–Crippen MR) is 83.6 cm³/mol. The molecule has 0 radical (unpaired) electrons. The minimum atomic E-state index is -0.448. The smallest absolute Gasteiger partial charge is 0.243 e. The van der Waals surface area contributed by atoms with Crippen LogP contribution < -0.4 is 15.8 Å².